The normalized spacial score (nSPS) is 11.3. The molecule has 19 heavy (non-hydrogen) atoms. The Morgan fingerprint density at radius 2 is 1.89 bits per heavy atom. The molecule has 1 aromatic carbocycles. The quantitative estimate of drug-likeness (QED) is 0.737. The first kappa shape index (κ1) is 15.7. The predicted molar refractivity (Wildman–Crippen MR) is 74.1 cm³/mol. The van der Waals surface area contributed by atoms with Gasteiger partial charge in [-0.05, 0) is 30.5 Å². The molecule has 0 aromatic heterocycles. The van der Waals surface area contributed by atoms with Crippen molar-refractivity contribution in [3.63, 3.8) is 0 Å². The standard InChI is InChI=1S/C13H20N2O3S/c1-2-3-10-15-13(16)9-6-11-4-7-12(8-5-11)19(14,17)18/h4-5,7-8H,2-3,6,9-10H2,1H3,(H,15,16)(H2,14,17,18). The Kier molecular flexibility index (Phi) is 5.98. The Labute approximate surface area is 114 Å². The lowest BCUT2D eigenvalue weighted by Gasteiger charge is -2.05. The molecule has 0 spiro atoms. The third-order valence-electron chi connectivity index (χ3n) is 2.75. The van der Waals surface area contributed by atoms with Crippen LogP contribution < -0.4 is 10.5 Å². The maximum absolute atomic E-state index is 11.5. The van der Waals surface area contributed by atoms with Crippen molar-refractivity contribution < 1.29 is 13.2 Å². The molecule has 0 atom stereocenters. The van der Waals surface area contributed by atoms with Gasteiger partial charge in [-0.1, -0.05) is 25.5 Å². The van der Waals surface area contributed by atoms with Crippen LogP contribution in [0, 0.1) is 0 Å². The number of rotatable bonds is 7. The van der Waals surface area contributed by atoms with Crippen LogP contribution >= 0.6 is 0 Å². The van der Waals surface area contributed by atoms with E-state index in [-0.39, 0.29) is 10.8 Å². The van der Waals surface area contributed by atoms with Gasteiger partial charge in [0.2, 0.25) is 15.9 Å². The van der Waals surface area contributed by atoms with Crippen molar-refractivity contribution in [2.45, 2.75) is 37.5 Å². The molecular weight excluding hydrogens is 264 g/mol. The van der Waals surface area contributed by atoms with Crippen molar-refractivity contribution in [1.29, 1.82) is 0 Å². The zero-order valence-electron chi connectivity index (χ0n) is 11.1. The molecular formula is C13H20N2O3S. The molecule has 0 saturated carbocycles. The minimum Gasteiger partial charge on any atom is -0.356 e. The highest BCUT2D eigenvalue weighted by atomic mass is 32.2. The highest BCUT2D eigenvalue weighted by Crippen LogP contribution is 2.10. The van der Waals surface area contributed by atoms with Gasteiger partial charge >= 0.3 is 0 Å². The molecule has 0 fully saturated rings. The SMILES string of the molecule is CCCCNC(=O)CCc1ccc(S(N)(=O)=O)cc1. The summed E-state index contributed by atoms with van der Waals surface area (Å²) in [6, 6.07) is 6.28. The van der Waals surface area contributed by atoms with Crippen LogP contribution in [0.1, 0.15) is 31.7 Å². The third-order valence-corrected chi connectivity index (χ3v) is 3.67. The van der Waals surface area contributed by atoms with Crippen molar-refractivity contribution in [2.75, 3.05) is 6.54 Å². The first-order chi connectivity index (χ1) is 8.93. The van der Waals surface area contributed by atoms with E-state index in [0.717, 1.165) is 18.4 Å². The summed E-state index contributed by atoms with van der Waals surface area (Å²) < 4.78 is 22.1. The molecule has 6 heteroatoms. The Hall–Kier alpha value is -1.40. The largest absolute Gasteiger partial charge is 0.356 e. The zero-order chi connectivity index (χ0) is 14.3. The molecule has 1 rings (SSSR count). The van der Waals surface area contributed by atoms with Crippen LogP contribution in [0.2, 0.25) is 0 Å². The number of sulfonamides is 1. The van der Waals surface area contributed by atoms with E-state index in [1.54, 1.807) is 12.1 Å². The molecule has 0 aliphatic carbocycles. The summed E-state index contributed by atoms with van der Waals surface area (Å²) in [4.78, 5) is 11.6. The average Bonchev–Trinajstić information content (AvgIpc) is 2.36. The highest BCUT2D eigenvalue weighted by molar-refractivity contribution is 7.89. The number of unbranched alkanes of at least 4 members (excludes halogenated alkanes) is 1. The van der Waals surface area contributed by atoms with Crippen LogP contribution in [0.15, 0.2) is 29.2 Å². The van der Waals surface area contributed by atoms with Gasteiger partial charge in [-0.2, -0.15) is 0 Å². The van der Waals surface area contributed by atoms with Gasteiger partial charge in [0, 0.05) is 13.0 Å². The number of hydrogen-bond donors (Lipinski definition) is 2. The van der Waals surface area contributed by atoms with Crippen molar-refractivity contribution in [2.24, 2.45) is 5.14 Å². The molecule has 1 amide bonds. The summed E-state index contributed by atoms with van der Waals surface area (Å²) in [6.07, 6.45) is 3.02. The lowest BCUT2D eigenvalue weighted by molar-refractivity contribution is -0.121. The minimum absolute atomic E-state index is 0.0176. The predicted octanol–water partition coefficient (Wildman–Crippen LogP) is 1.18. The third kappa shape index (κ3) is 5.85. The van der Waals surface area contributed by atoms with E-state index in [2.05, 4.69) is 12.2 Å². The Bertz CT molecular complexity index is 509. The van der Waals surface area contributed by atoms with Gasteiger partial charge in [0.15, 0.2) is 0 Å². The molecule has 0 aliphatic rings. The van der Waals surface area contributed by atoms with Crippen LogP contribution in [0.5, 0.6) is 0 Å². The summed E-state index contributed by atoms with van der Waals surface area (Å²) in [5.74, 6) is 0.0176. The topological polar surface area (TPSA) is 89.3 Å². The second kappa shape index (κ2) is 7.25. The first-order valence-electron chi connectivity index (χ1n) is 6.32. The number of carbonyl (C=O) groups is 1. The lowest BCUT2D eigenvalue weighted by Crippen LogP contribution is -2.24. The van der Waals surface area contributed by atoms with E-state index >= 15 is 0 Å². The van der Waals surface area contributed by atoms with E-state index in [0.29, 0.717) is 19.4 Å². The summed E-state index contributed by atoms with van der Waals surface area (Å²) in [6.45, 7) is 2.78. The number of benzene rings is 1. The lowest BCUT2D eigenvalue weighted by atomic mass is 10.1. The van der Waals surface area contributed by atoms with Crippen LogP contribution in [0.3, 0.4) is 0 Å². The number of nitrogens with two attached hydrogens (primary N) is 1. The maximum Gasteiger partial charge on any atom is 0.238 e. The Morgan fingerprint density at radius 1 is 1.26 bits per heavy atom. The molecule has 5 nitrogen and oxygen atoms in total. The van der Waals surface area contributed by atoms with Crippen molar-refractivity contribution in [3.05, 3.63) is 29.8 Å². The number of amides is 1. The highest BCUT2D eigenvalue weighted by Gasteiger charge is 2.07. The number of aryl methyl sites for hydroxylation is 1. The molecule has 3 N–H and O–H groups in total. The smallest absolute Gasteiger partial charge is 0.238 e. The van der Waals surface area contributed by atoms with Gasteiger partial charge in [-0.25, -0.2) is 13.6 Å². The van der Waals surface area contributed by atoms with Crippen LogP contribution in [-0.4, -0.2) is 20.9 Å². The summed E-state index contributed by atoms with van der Waals surface area (Å²) in [5, 5.41) is 7.84. The maximum atomic E-state index is 11.5. The van der Waals surface area contributed by atoms with Gasteiger partial charge in [-0.15, -0.1) is 0 Å². The fourth-order valence-corrected chi connectivity index (χ4v) is 2.11. The molecule has 0 aliphatic heterocycles. The van der Waals surface area contributed by atoms with E-state index in [1.165, 1.54) is 12.1 Å². The van der Waals surface area contributed by atoms with E-state index in [1.807, 2.05) is 0 Å². The number of primary sulfonamides is 1. The number of nitrogens with one attached hydrogen (secondary N) is 1. The monoisotopic (exact) mass is 284 g/mol. The van der Waals surface area contributed by atoms with Gasteiger partial charge in [0.25, 0.3) is 0 Å². The first-order valence-corrected chi connectivity index (χ1v) is 7.86. The second-order valence-corrected chi connectivity index (χ2v) is 5.95. The molecule has 0 heterocycles. The van der Waals surface area contributed by atoms with Crippen LogP contribution in [-0.2, 0) is 21.2 Å². The minimum atomic E-state index is -3.65. The molecule has 106 valence electrons. The van der Waals surface area contributed by atoms with Crippen molar-refractivity contribution in [3.8, 4) is 0 Å². The Balaban J connectivity index is 2.44. The molecule has 0 radical (unpaired) electrons. The summed E-state index contributed by atoms with van der Waals surface area (Å²) >= 11 is 0. The van der Waals surface area contributed by atoms with Gasteiger partial charge in [-0.3, -0.25) is 4.79 Å². The number of hydrogen-bond acceptors (Lipinski definition) is 3. The van der Waals surface area contributed by atoms with Gasteiger partial charge < -0.3 is 5.32 Å². The average molecular weight is 284 g/mol. The van der Waals surface area contributed by atoms with Crippen molar-refractivity contribution >= 4 is 15.9 Å². The molecule has 0 saturated heterocycles. The van der Waals surface area contributed by atoms with E-state index < -0.39 is 10.0 Å². The fourth-order valence-electron chi connectivity index (χ4n) is 1.60. The van der Waals surface area contributed by atoms with Gasteiger partial charge in [0.1, 0.15) is 0 Å². The van der Waals surface area contributed by atoms with E-state index in [9.17, 15) is 13.2 Å². The van der Waals surface area contributed by atoms with Crippen LogP contribution in [0.25, 0.3) is 0 Å². The van der Waals surface area contributed by atoms with Crippen LogP contribution in [0.4, 0.5) is 0 Å². The Morgan fingerprint density at radius 3 is 2.42 bits per heavy atom. The molecule has 0 bridgehead atoms. The molecule has 1 aromatic rings. The van der Waals surface area contributed by atoms with Crippen molar-refractivity contribution in [1.82, 2.24) is 5.32 Å². The fraction of sp³-hybridized carbons (Fsp3) is 0.462. The van der Waals surface area contributed by atoms with Gasteiger partial charge in [0.05, 0.1) is 4.90 Å². The summed E-state index contributed by atoms with van der Waals surface area (Å²) in [5.41, 5.74) is 0.915. The zero-order valence-corrected chi connectivity index (χ0v) is 11.9. The summed E-state index contributed by atoms with van der Waals surface area (Å²) in [7, 11) is -3.65. The molecule has 0 unspecified atom stereocenters. The number of carbonyl (C=O) groups excluding carboxylic acids is 1. The second-order valence-electron chi connectivity index (χ2n) is 4.39. The van der Waals surface area contributed by atoms with E-state index in [4.69, 9.17) is 5.14 Å².